The van der Waals surface area contributed by atoms with Gasteiger partial charge >= 0.3 is 0 Å². The molecule has 1 aliphatic carbocycles. The van der Waals surface area contributed by atoms with Crippen molar-refractivity contribution in [3.8, 4) is 0 Å². The third-order valence-electron chi connectivity index (χ3n) is 3.63. The quantitative estimate of drug-likeness (QED) is 0.904. The average Bonchev–Trinajstić information content (AvgIpc) is 2.89. The van der Waals surface area contributed by atoms with Gasteiger partial charge < -0.3 is 5.73 Å². The molecule has 1 heterocycles. The summed E-state index contributed by atoms with van der Waals surface area (Å²) in [4.78, 5) is 3.99. The highest BCUT2D eigenvalue weighted by atomic mass is 32.2. The Morgan fingerprint density at radius 1 is 1.40 bits per heavy atom. The molecule has 20 heavy (non-hydrogen) atoms. The third kappa shape index (κ3) is 3.12. The van der Waals surface area contributed by atoms with Crippen molar-refractivity contribution in [3.63, 3.8) is 0 Å². The zero-order chi connectivity index (χ0) is 14.8. The zero-order valence-corrected chi connectivity index (χ0v) is 12.9. The minimum absolute atomic E-state index is 0.00690. The first-order chi connectivity index (χ1) is 9.43. The van der Waals surface area contributed by atoms with Gasteiger partial charge in [0.25, 0.3) is 10.0 Å². The fourth-order valence-electron chi connectivity index (χ4n) is 2.73. The maximum absolute atomic E-state index is 12.9. The Morgan fingerprint density at radius 3 is 2.60 bits per heavy atom. The van der Waals surface area contributed by atoms with Crippen molar-refractivity contribution in [1.29, 1.82) is 0 Å². The fraction of sp³-hybridized carbons (Fsp3) is 0.643. The van der Waals surface area contributed by atoms with Crippen molar-refractivity contribution in [2.75, 3.05) is 12.3 Å². The van der Waals surface area contributed by atoms with Crippen LogP contribution in [0, 0.1) is 5.92 Å². The summed E-state index contributed by atoms with van der Waals surface area (Å²) >= 11 is 0. The molecule has 0 aromatic carbocycles. The second kappa shape index (κ2) is 6.10. The van der Waals surface area contributed by atoms with E-state index >= 15 is 0 Å². The van der Waals surface area contributed by atoms with E-state index in [1.54, 1.807) is 16.4 Å². The van der Waals surface area contributed by atoms with Crippen LogP contribution in [0.3, 0.4) is 0 Å². The van der Waals surface area contributed by atoms with Crippen LogP contribution in [-0.4, -0.2) is 30.3 Å². The summed E-state index contributed by atoms with van der Waals surface area (Å²) in [6.45, 7) is 4.57. The van der Waals surface area contributed by atoms with E-state index in [0.29, 0.717) is 6.54 Å². The maximum Gasteiger partial charge on any atom is 0.262 e. The minimum atomic E-state index is -3.61. The largest absolute Gasteiger partial charge is 0.396 e. The molecule has 6 heteroatoms. The first-order valence-corrected chi connectivity index (χ1v) is 8.59. The van der Waals surface area contributed by atoms with Crippen LogP contribution in [-0.2, 0) is 10.0 Å². The van der Waals surface area contributed by atoms with Gasteiger partial charge in [-0.3, -0.25) is 0 Å². The van der Waals surface area contributed by atoms with Crippen LogP contribution in [0.15, 0.2) is 23.4 Å². The van der Waals surface area contributed by atoms with Crippen LogP contribution in [0.4, 0.5) is 5.69 Å². The molecule has 1 fully saturated rings. The number of rotatable bonds is 5. The first-order valence-electron chi connectivity index (χ1n) is 7.15. The van der Waals surface area contributed by atoms with E-state index in [-0.39, 0.29) is 22.7 Å². The predicted octanol–water partition coefficient (Wildman–Crippen LogP) is 2.25. The summed E-state index contributed by atoms with van der Waals surface area (Å²) < 4.78 is 27.3. The lowest BCUT2D eigenvalue weighted by molar-refractivity contribution is 0.292. The lowest BCUT2D eigenvalue weighted by Gasteiger charge is -2.29. The van der Waals surface area contributed by atoms with Crippen molar-refractivity contribution in [3.05, 3.63) is 18.3 Å². The van der Waals surface area contributed by atoms with E-state index in [9.17, 15) is 8.42 Å². The summed E-state index contributed by atoms with van der Waals surface area (Å²) in [5.41, 5.74) is 6.03. The smallest absolute Gasteiger partial charge is 0.262 e. The lowest BCUT2D eigenvalue weighted by Crippen LogP contribution is -2.41. The molecular weight excluding hydrogens is 274 g/mol. The highest BCUT2D eigenvalue weighted by molar-refractivity contribution is 7.89. The van der Waals surface area contributed by atoms with Crippen LogP contribution < -0.4 is 5.73 Å². The molecule has 0 spiro atoms. The normalized spacial score (nSPS) is 17.2. The summed E-state index contributed by atoms with van der Waals surface area (Å²) in [5, 5.41) is -0.00690. The predicted molar refractivity (Wildman–Crippen MR) is 79.6 cm³/mol. The van der Waals surface area contributed by atoms with Crippen LogP contribution >= 0.6 is 0 Å². The molecule has 0 unspecified atom stereocenters. The second-order valence-electron chi connectivity index (χ2n) is 5.80. The minimum Gasteiger partial charge on any atom is -0.396 e. The van der Waals surface area contributed by atoms with Gasteiger partial charge in [-0.15, -0.1) is 0 Å². The molecule has 5 nitrogen and oxygen atoms in total. The van der Waals surface area contributed by atoms with Crippen molar-refractivity contribution < 1.29 is 8.42 Å². The van der Waals surface area contributed by atoms with Gasteiger partial charge in [-0.1, -0.05) is 26.7 Å². The Balaban J connectivity index is 2.38. The average molecular weight is 297 g/mol. The number of pyridine rings is 1. The second-order valence-corrected chi connectivity index (χ2v) is 7.61. The molecule has 0 atom stereocenters. The number of nitrogen functional groups attached to an aromatic ring is 1. The van der Waals surface area contributed by atoms with Crippen LogP contribution in [0.2, 0.25) is 0 Å². The van der Waals surface area contributed by atoms with Crippen molar-refractivity contribution in [2.24, 2.45) is 5.92 Å². The molecule has 112 valence electrons. The van der Waals surface area contributed by atoms with Crippen molar-refractivity contribution in [1.82, 2.24) is 9.29 Å². The highest BCUT2D eigenvalue weighted by Crippen LogP contribution is 2.30. The molecule has 1 aromatic heterocycles. The Hall–Kier alpha value is -1.14. The molecule has 1 aromatic rings. The standard InChI is InChI=1S/C14H23N3O2S/c1-11(2)10-17(12-6-3-4-7-12)20(18,19)14-13(15)8-5-9-16-14/h5,8-9,11-12H,3-4,6-7,10,15H2,1-2H3. The number of nitrogens with zero attached hydrogens (tertiary/aromatic N) is 2. The number of sulfonamides is 1. The molecule has 2 N–H and O–H groups in total. The van der Waals surface area contributed by atoms with Gasteiger partial charge in [-0.25, -0.2) is 13.4 Å². The van der Waals surface area contributed by atoms with Crippen LogP contribution in [0.25, 0.3) is 0 Å². The summed E-state index contributed by atoms with van der Waals surface area (Å²) in [5.74, 6) is 0.273. The number of anilines is 1. The van der Waals surface area contributed by atoms with Gasteiger partial charge in [-0.05, 0) is 30.9 Å². The van der Waals surface area contributed by atoms with Crippen molar-refractivity contribution >= 4 is 15.7 Å². The van der Waals surface area contributed by atoms with E-state index in [1.807, 2.05) is 13.8 Å². The van der Waals surface area contributed by atoms with E-state index < -0.39 is 10.0 Å². The topological polar surface area (TPSA) is 76.3 Å². The van der Waals surface area contributed by atoms with E-state index in [1.165, 1.54) is 6.20 Å². The SMILES string of the molecule is CC(C)CN(C1CCCC1)S(=O)(=O)c1ncccc1N. The maximum atomic E-state index is 12.9. The molecule has 0 amide bonds. The van der Waals surface area contributed by atoms with E-state index in [2.05, 4.69) is 4.98 Å². The molecule has 1 saturated carbocycles. The first kappa shape index (κ1) is 15.3. The zero-order valence-electron chi connectivity index (χ0n) is 12.1. The molecule has 1 aliphatic rings. The van der Waals surface area contributed by atoms with Crippen LogP contribution in [0.5, 0.6) is 0 Å². The van der Waals surface area contributed by atoms with E-state index in [4.69, 9.17) is 5.73 Å². The molecule has 2 rings (SSSR count). The summed E-state index contributed by atoms with van der Waals surface area (Å²) in [6.07, 6.45) is 5.52. The van der Waals surface area contributed by atoms with Gasteiger partial charge in [0.1, 0.15) is 0 Å². The van der Waals surface area contributed by atoms with Gasteiger partial charge in [0, 0.05) is 18.8 Å². The Bertz CT molecular complexity index is 551. The summed E-state index contributed by atoms with van der Waals surface area (Å²) in [7, 11) is -3.61. The van der Waals surface area contributed by atoms with Gasteiger partial charge in [0.05, 0.1) is 5.69 Å². The van der Waals surface area contributed by atoms with Gasteiger partial charge in [0.15, 0.2) is 5.03 Å². The highest BCUT2D eigenvalue weighted by Gasteiger charge is 2.35. The number of hydrogen-bond acceptors (Lipinski definition) is 4. The number of hydrogen-bond donors (Lipinski definition) is 1. The Morgan fingerprint density at radius 2 is 2.05 bits per heavy atom. The Labute approximate surface area is 121 Å². The molecule has 0 aliphatic heterocycles. The molecule has 0 bridgehead atoms. The van der Waals surface area contributed by atoms with E-state index in [0.717, 1.165) is 25.7 Å². The third-order valence-corrected chi connectivity index (χ3v) is 5.53. The number of aromatic nitrogens is 1. The monoisotopic (exact) mass is 297 g/mol. The van der Waals surface area contributed by atoms with Gasteiger partial charge in [-0.2, -0.15) is 4.31 Å². The molecule has 0 radical (unpaired) electrons. The Kier molecular flexibility index (Phi) is 4.65. The van der Waals surface area contributed by atoms with Crippen LogP contribution in [0.1, 0.15) is 39.5 Å². The fourth-order valence-corrected chi connectivity index (χ4v) is 4.61. The lowest BCUT2D eigenvalue weighted by atomic mass is 10.2. The molecular formula is C14H23N3O2S. The number of nitrogens with two attached hydrogens (primary N) is 1. The van der Waals surface area contributed by atoms with Crippen molar-refractivity contribution in [2.45, 2.75) is 50.6 Å². The molecule has 0 saturated heterocycles. The van der Waals surface area contributed by atoms with Gasteiger partial charge in [0.2, 0.25) is 0 Å². The summed E-state index contributed by atoms with van der Waals surface area (Å²) in [6, 6.07) is 3.32.